The molecule has 0 fully saturated rings. The molecule has 0 unspecified atom stereocenters. The molecule has 5 nitrogen and oxygen atoms in total. The van der Waals surface area contributed by atoms with Gasteiger partial charge in [-0.2, -0.15) is 0 Å². The van der Waals surface area contributed by atoms with Crippen LogP contribution in [0, 0.1) is 0 Å². The maximum Gasteiger partial charge on any atom is 0.573 e. The summed E-state index contributed by atoms with van der Waals surface area (Å²) in [7, 11) is 0. The Morgan fingerprint density at radius 1 is 1.17 bits per heavy atom. The lowest BCUT2D eigenvalue weighted by Gasteiger charge is -2.14. The van der Waals surface area contributed by atoms with Gasteiger partial charge in [0.2, 0.25) is 0 Å². The van der Waals surface area contributed by atoms with Crippen LogP contribution in [0.25, 0.3) is 16.8 Å². The lowest BCUT2D eigenvalue weighted by Crippen LogP contribution is -2.33. The van der Waals surface area contributed by atoms with Crippen LogP contribution in [0.3, 0.4) is 0 Å². The second-order valence-electron chi connectivity index (χ2n) is 6.56. The first kappa shape index (κ1) is 20.4. The maximum absolute atomic E-state index is 12.5. The van der Waals surface area contributed by atoms with E-state index in [4.69, 9.17) is 0 Å². The van der Waals surface area contributed by atoms with E-state index < -0.39 is 6.36 Å². The number of hydrogen-bond acceptors (Lipinski definition) is 3. The molecule has 0 aliphatic rings. The van der Waals surface area contributed by atoms with E-state index in [1.807, 2.05) is 13.8 Å². The molecule has 1 atom stereocenters. The summed E-state index contributed by atoms with van der Waals surface area (Å²) in [6.45, 7) is 3.89. The first-order chi connectivity index (χ1) is 13.8. The minimum Gasteiger partial charge on any atom is -0.406 e. The number of carbonyl (C=O) groups is 1. The molecule has 1 N–H and O–H groups in total. The highest BCUT2D eigenvalue weighted by Gasteiger charge is 2.31. The Kier molecular flexibility index (Phi) is 5.91. The first-order valence-corrected chi connectivity index (χ1v) is 9.06. The van der Waals surface area contributed by atoms with Crippen LogP contribution in [0.2, 0.25) is 0 Å². The Labute approximate surface area is 166 Å². The van der Waals surface area contributed by atoms with Crippen molar-refractivity contribution in [3.8, 4) is 22.6 Å². The van der Waals surface area contributed by atoms with Crippen molar-refractivity contribution in [2.75, 3.05) is 0 Å². The van der Waals surface area contributed by atoms with Gasteiger partial charge < -0.3 is 10.1 Å². The standard InChI is InChI=1S/C21H20F3N3O2/c1-3-14(2)26-20(28)19-12-25-13-27(19)17-8-4-6-15(10-17)16-7-5-9-18(11-16)29-21(22,23)24/h4-14H,3H2,1-2H3,(H,26,28)/t14-/m0/s1. The normalized spacial score (nSPS) is 12.4. The van der Waals surface area contributed by atoms with Crippen LogP contribution in [0.4, 0.5) is 13.2 Å². The molecule has 3 rings (SSSR count). The van der Waals surface area contributed by atoms with E-state index in [1.165, 1.54) is 30.7 Å². The summed E-state index contributed by atoms with van der Waals surface area (Å²) in [4.78, 5) is 16.6. The molecule has 0 aliphatic carbocycles. The largest absolute Gasteiger partial charge is 0.573 e. The summed E-state index contributed by atoms with van der Waals surface area (Å²) in [5.74, 6) is -0.542. The number of amides is 1. The summed E-state index contributed by atoms with van der Waals surface area (Å²) in [5.41, 5.74) is 2.27. The number of rotatable bonds is 6. The smallest absolute Gasteiger partial charge is 0.406 e. The minimum absolute atomic E-state index is 0.0218. The van der Waals surface area contributed by atoms with Crippen molar-refractivity contribution in [3.05, 3.63) is 66.7 Å². The molecule has 1 heterocycles. The summed E-state index contributed by atoms with van der Waals surface area (Å²) in [6.07, 6.45) is -0.961. The summed E-state index contributed by atoms with van der Waals surface area (Å²) < 4.78 is 43.1. The third kappa shape index (κ3) is 5.16. The van der Waals surface area contributed by atoms with E-state index in [1.54, 1.807) is 34.9 Å². The third-order valence-electron chi connectivity index (χ3n) is 4.39. The Morgan fingerprint density at radius 3 is 2.55 bits per heavy atom. The van der Waals surface area contributed by atoms with Crippen LogP contribution in [0.1, 0.15) is 30.8 Å². The fraction of sp³-hybridized carbons (Fsp3) is 0.238. The molecule has 2 aromatic carbocycles. The van der Waals surface area contributed by atoms with Gasteiger partial charge in [-0.25, -0.2) is 4.98 Å². The molecule has 0 saturated carbocycles. The number of ether oxygens (including phenoxy) is 1. The number of aromatic nitrogens is 2. The van der Waals surface area contributed by atoms with Crippen molar-refractivity contribution >= 4 is 5.91 Å². The number of halogens is 3. The predicted molar refractivity (Wildman–Crippen MR) is 103 cm³/mol. The Balaban J connectivity index is 1.91. The second kappa shape index (κ2) is 8.38. The SMILES string of the molecule is CC[C@H](C)NC(=O)c1cncn1-c1cccc(-c2cccc(OC(F)(F)F)c2)c1. The average Bonchev–Trinajstić information content (AvgIpc) is 3.17. The van der Waals surface area contributed by atoms with Gasteiger partial charge in [0.1, 0.15) is 11.4 Å². The molecular weight excluding hydrogens is 383 g/mol. The predicted octanol–water partition coefficient (Wildman–Crippen LogP) is 4.97. The number of imidazole rings is 1. The molecule has 0 saturated heterocycles. The van der Waals surface area contributed by atoms with Crippen LogP contribution in [-0.2, 0) is 0 Å². The zero-order chi connectivity index (χ0) is 21.0. The Morgan fingerprint density at radius 2 is 1.86 bits per heavy atom. The van der Waals surface area contributed by atoms with Gasteiger partial charge in [0, 0.05) is 11.7 Å². The molecule has 29 heavy (non-hydrogen) atoms. The number of carbonyl (C=O) groups excluding carboxylic acids is 1. The highest BCUT2D eigenvalue weighted by Crippen LogP contribution is 2.29. The molecule has 0 spiro atoms. The molecule has 152 valence electrons. The number of benzene rings is 2. The van der Waals surface area contributed by atoms with Crippen molar-refractivity contribution in [3.63, 3.8) is 0 Å². The minimum atomic E-state index is -4.75. The number of hydrogen-bond donors (Lipinski definition) is 1. The van der Waals surface area contributed by atoms with Crippen LogP contribution >= 0.6 is 0 Å². The van der Waals surface area contributed by atoms with Gasteiger partial charge in [-0.1, -0.05) is 31.2 Å². The quantitative estimate of drug-likeness (QED) is 0.633. The summed E-state index contributed by atoms with van der Waals surface area (Å²) in [5, 5.41) is 2.89. The second-order valence-corrected chi connectivity index (χ2v) is 6.56. The maximum atomic E-state index is 12.5. The highest BCUT2D eigenvalue weighted by atomic mass is 19.4. The topological polar surface area (TPSA) is 56.2 Å². The van der Waals surface area contributed by atoms with Crippen molar-refractivity contribution in [2.45, 2.75) is 32.7 Å². The molecule has 3 aromatic rings. The zero-order valence-electron chi connectivity index (χ0n) is 15.9. The molecule has 0 radical (unpaired) electrons. The third-order valence-corrected chi connectivity index (χ3v) is 4.39. The Bertz CT molecular complexity index is 999. The van der Waals surface area contributed by atoms with Crippen LogP contribution in [0.15, 0.2) is 61.1 Å². The first-order valence-electron chi connectivity index (χ1n) is 9.06. The highest BCUT2D eigenvalue weighted by molar-refractivity contribution is 5.93. The van der Waals surface area contributed by atoms with Crippen molar-refractivity contribution in [2.24, 2.45) is 0 Å². The molecular formula is C21H20F3N3O2. The van der Waals surface area contributed by atoms with Crippen LogP contribution < -0.4 is 10.1 Å². The summed E-state index contributed by atoms with van der Waals surface area (Å²) >= 11 is 0. The van der Waals surface area contributed by atoms with Gasteiger partial charge in [0.25, 0.3) is 5.91 Å². The van der Waals surface area contributed by atoms with E-state index in [0.29, 0.717) is 22.5 Å². The number of alkyl halides is 3. The van der Waals surface area contributed by atoms with E-state index in [0.717, 1.165) is 6.42 Å². The lowest BCUT2D eigenvalue weighted by atomic mass is 10.0. The van der Waals surface area contributed by atoms with Crippen molar-refractivity contribution < 1.29 is 22.7 Å². The average molecular weight is 403 g/mol. The number of nitrogens with zero attached hydrogens (tertiary/aromatic N) is 2. The number of nitrogens with one attached hydrogen (secondary N) is 1. The lowest BCUT2D eigenvalue weighted by molar-refractivity contribution is -0.274. The summed E-state index contributed by atoms with van der Waals surface area (Å²) in [6, 6.07) is 12.9. The monoisotopic (exact) mass is 403 g/mol. The molecule has 0 aliphatic heterocycles. The van der Waals surface area contributed by atoms with E-state index in [-0.39, 0.29) is 17.7 Å². The van der Waals surface area contributed by atoms with Gasteiger partial charge in [0.15, 0.2) is 0 Å². The fourth-order valence-electron chi connectivity index (χ4n) is 2.78. The zero-order valence-corrected chi connectivity index (χ0v) is 15.9. The van der Waals surface area contributed by atoms with Crippen LogP contribution in [-0.4, -0.2) is 27.9 Å². The molecule has 8 heteroatoms. The Hall–Kier alpha value is -3.29. The molecule has 1 aromatic heterocycles. The van der Waals surface area contributed by atoms with Crippen molar-refractivity contribution in [1.29, 1.82) is 0 Å². The van der Waals surface area contributed by atoms with Crippen molar-refractivity contribution in [1.82, 2.24) is 14.9 Å². The van der Waals surface area contributed by atoms with Gasteiger partial charge in [-0.15, -0.1) is 13.2 Å². The van der Waals surface area contributed by atoms with E-state index in [9.17, 15) is 18.0 Å². The van der Waals surface area contributed by atoms with Gasteiger partial charge >= 0.3 is 6.36 Å². The fourth-order valence-corrected chi connectivity index (χ4v) is 2.78. The van der Waals surface area contributed by atoms with E-state index in [2.05, 4.69) is 15.0 Å². The van der Waals surface area contributed by atoms with E-state index >= 15 is 0 Å². The van der Waals surface area contributed by atoms with Crippen LogP contribution in [0.5, 0.6) is 5.75 Å². The van der Waals surface area contributed by atoms with Gasteiger partial charge in [-0.05, 0) is 48.7 Å². The molecule has 1 amide bonds. The molecule has 0 bridgehead atoms. The van der Waals surface area contributed by atoms with Gasteiger partial charge in [0.05, 0.1) is 12.5 Å². The van der Waals surface area contributed by atoms with Gasteiger partial charge in [-0.3, -0.25) is 9.36 Å².